The number of nitrogens with zero attached hydrogens (tertiary/aromatic N) is 2. The molecule has 1 aliphatic heterocycles. The number of methoxy groups -OCH3 is 1. The molecule has 1 saturated heterocycles. The second-order valence-electron chi connectivity index (χ2n) is 6.85. The predicted molar refractivity (Wildman–Crippen MR) is 107 cm³/mol. The summed E-state index contributed by atoms with van der Waals surface area (Å²) in [6.45, 7) is 0.198. The van der Waals surface area contributed by atoms with Gasteiger partial charge in [-0.3, -0.25) is 14.5 Å². The van der Waals surface area contributed by atoms with Gasteiger partial charge < -0.3 is 20.7 Å². The Morgan fingerprint density at radius 2 is 1.76 bits per heavy atom. The van der Waals surface area contributed by atoms with E-state index in [0.717, 1.165) is 16.0 Å². The summed E-state index contributed by atoms with van der Waals surface area (Å²) in [5, 5.41) is 2.54. The van der Waals surface area contributed by atoms with Crippen LogP contribution in [0.2, 0.25) is 0 Å². The van der Waals surface area contributed by atoms with Crippen molar-refractivity contribution >= 4 is 17.8 Å². The summed E-state index contributed by atoms with van der Waals surface area (Å²) in [5.41, 5.74) is 7.69. The third-order valence-electron chi connectivity index (χ3n) is 4.88. The van der Waals surface area contributed by atoms with Crippen molar-refractivity contribution < 1.29 is 19.1 Å². The summed E-state index contributed by atoms with van der Waals surface area (Å²) >= 11 is 0. The quantitative estimate of drug-likeness (QED) is 0.761. The molecular formula is C21H24N4O4. The molecule has 152 valence electrons. The van der Waals surface area contributed by atoms with E-state index in [1.54, 1.807) is 31.4 Å². The van der Waals surface area contributed by atoms with Crippen molar-refractivity contribution in [2.45, 2.75) is 25.2 Å². The fourth-order valence-corrected chi connectivity index (χ4v) is 3.24. The Bertz CT molecular complexity index is 885. The molecule has 3 rings (SSSR count). The summed E-state index contributed by atoms with van der Waals surface area (Å²) in [6.07, 6.45) is -0.903. The lowest BCUT2D eigenvalue weighted by Gasteiger charge is -2.40. The SMILES string of the molecule is COc1ccc(CC(=O)N(Cc2ccccc2)C2C(=O)N(C)C(=O)NC2N)cc1. The maximum atomic E-state index is 13.2. The van der Waals surface area contributed by atoms with Crippen molar-refractivity contribution in [3.8, 4) is 5.75 Å². The number of carbonyl (C=O) groups is 3. The number of hydrogen-bond donors (Lipinski definition) is 2. The van der Waals surface area contributed by atoms with Gasteiger partial charge >= 0.3 is 6.03 Å². The molecule has 0 aliphatic carbocycles. The monoisotopic (exact) mass is 396 g/mol. The lowest BCUT2D eigenvalue weighted by atomic mass is 10.0. The van der Waals surface area contributed by atoms with Gasteiger partial charge in [0.05, 0.1) is 13.5 Å². The molecule has 2 unspecified atom stereocenters. The molecule has 0 aromatic heterocycles. The van der Waals surface area contributed by atoms with E-state index in [0.29, 0.717) is 5.75 Å². The van der Waals surface area contributed by atoms with Crippen LogP contribution in [0.25, 0.3) is 0 Å². The van der Waals surface area contributed by atoms with E-state index in [4.69, 9.17) is 10.5 Å². The minimum Gasteiger partial charge on any atom is -0.497 e. The van der Waals surface area contributed by atoms with E-state index in [1.165, 1.54) is 11.9 Å². The molecule has 1 aliphatic rings. The smallest absolute Gasteiger partial charge is 0.325 e. The maximum Gasteiger partial charge on any atom is 0.325 e. The van der Waals surface area contributed by atoms with Gasteiger partial charge in [0.25, 0.3) is 5.91 Å². The Morgan fingerprint density at radius 1 is 1.10 bits per heavy atom. The van der Waals surface area contributed by atoms with E-state index >= 15 is 0 Å². The largest absolute Gasteiger partial charge is 0.497 e. The number of amides is 4. The van der Waals surface area contributed by atoms with E-state index in [1.807, 2.05) is 30.3 Å². The Morgan fingerprint density at radius 3 is 2.38 bits per heavy atom. The number of nitrogens with two attached hydrogens (primary N) is 1. The van der Waals surface area contributed by atoms with Crippen LogP contribution in [0.1, 0.15) is 11.1 Å². The van der Waals surface area contributed by atoms with Crippen LogP contribution in [0.3, 0.4) is 0 Å². The number of benzene rings is 2. The standard InChI is InChI=1S/C21H24N4O4/c1-24-20(27)18(19(22)23-21(24)28)25(13-15-6-4-3-5-7-15)17(26)12-14-8-10-16(29-2)11-9-14/h3-11,18-19H,12-13,22H2,1-2H3,(H,23,28). The van der Waals surface area contributed by atoms with Crippen LogP contribution >= 0.6 is 0 Å². The highest BCUT2D eigenvalue weighted by molar-refractivity contribution is 6.01. The van der Waals surface area contributed by atoms with E-state index in [9.17, 15) is 14.4 Å². The van der Waals surface area contributed by atoms with Crippen molar-refractivity contribution in [1.29, 1.82) is 0 Å². The first kappa shape index (κ1) is 20.3. The van der Waals surface area contributed by atoms with Gasteiger partial charge in [0.2, 0.25) is 5.91 Å². The first-order valence-electron chi connectivity index (χ1n) is 9.20. The average molecular weight is 396 g/mol. The average Bonchev–Trinajstić information content (AvgIpc) is 2.72. The van der Waals surface area contributed by atoms with Crippen molar-refractivity contribution in [1.82, 2.24) is 15.1 Å². The number of rotatable bonds is 6. The fourth-order valence-electron chi connectivity index (χ4n) is 3.24. The van der Waals surface area contributed by atoms with Crippen LogP contribution in [0.5, 0.6) is 5.75 Å². The summed E-state index contributed by atoms with van der Waals surface area (Å²) in [7, 11) is 2.94. The number of nitrogens with one attached hydrogen (secondary N) is 1. The van der Waals surface area contributed by atoms with Gasteiger partial charge in [-0.25, -0.2) is 4.79 Å². The molecule has 2 aromatic carbocycles. The molecule has 0 spiro atoms. The number of likely N-dealkylation sites (N-methyl/N-ethyl adjacent to an activating group) is 1. The lowest BCUT2D eigenvalue weighted by Crippen LogP contribution is -2.70. The van der Waals surface area contributed by atoms with Crippen molar-refractivity contribution in [2.24, 2.45) is 5.73 Å². The van der Waals surface area contributed by atoms with Crippen molar-refractivity contribution in [3.05, 3.63) is 65.7 Å². The molecule has 1 heterocycles. The fraction of sp³-hybridized carbons (Fsp3) is 0.286. The Kier molecular flexibility index (Phi) is 6.13. The summed E-state index contributed by atoms with van der Waals surface area (Å²) in [5.74, 6) is -0.0891. The van der Waals surface area contributed by atoms with Crippen LogP contribution in [0, 0.1) is 0 Å². The summed E-state index contributed by atoms with van der Waals surface area (Å²) < 4.78 is 5.14. The van der Waals surface area contributed by atoms with Crippen LogP contribution < -0.4 is 15.8 Å². The van der Waals surface area contributed by atoms with Gasteiger partial charge in [0.1, 0.15) is 18.0 Å². The highest BCUT2D eigenvalue weighted by Gasteiger charge is 2.42. The molecule has 8 nitrogen and oxygen atoms in total. The molecule has 4 amide bonds. The van der Waals surface area contributed by atoms with Crippen LogP contribution in [0.4, 0.5) is 4.79 Å². The predicted octanol–water partition coefficient (Wildman–Crippen LogP) is 1.10. The highest BCUT2D eigenvalue weighted by Crippen LogP contribution is 2.18. The van der Waals surface area contributed by atoms with Gasteiger partial charge in [-0.15, -0.1) is 0 Å². The molecule has 1 fully saturated rings. The number of hydrogen-bond acceptors (Lipinski definition) is 5. The third kappa shape index (κ3) is 4.55. The second kappa shape index (κ2) is 8.74. The van der Waals surface area contributed by atoms with Crippen LogP contribution in [-0.4, -0.2) is 54.0 Å². The normalized spacial score (nSPS) is 18.9. The number of imide groups is 1. The van der Waals surface area contributed by atoms with E-state index in [-0.39, 0.29) is 18.9 Å². The first-order valence-corrected chi connectivity index (χ1v) is 9.20. The summed E-state index contributed by atoms with van der Waals surface area (Å²) in [6, 6.07) is 14.9. The Hall–Kier alpha value is -3.39. The molecule has 29 heavy (non-hydrogen) atoms. The van der Waals surface area contributed by atoms with E-state index in [2.05, 4.69) is 5.32 Å². The molecule has 0 saturated carbocycles. The molecule has 0 bridgehead atoms. The third-order valence-corrected chi connectivity index (χ3v) is 4.88. The van der Waals surface area contributed by atoms with Crippen molar-refractivity contribution in [3.63, 3.8) is 0 Å². The molecule has 0 radical (unpaired) electrons. The van der Waals surface area contributed by atoms with Gasteiger partial charge in [-0.05, 0) is 23.3 Å². The van der Waals surface area contributed by atoms with E-state index < -0.39 is 24.1 Å². The second-order valence-corrected chi connectivity index (χ2v) is 6.85. The zero-order valence-corrected chi connectivity index (χ0v) is 16.4. The number of ether oxygens (including phenoxy) is 1. The van der Waals surface area contributed by atoms with Crippen LogP contribution in [-0.2, 0) is 22.6 Å². The topological polar surface area (TPSA) is 105 Å². The minimum absolute atomic E-state index is 0.0883. The Balaban J connectivity index is 1.88. The van der Waals surface area contributed by atoms with Crippen LogP contribution in [0.15, 0.2) is 54.6 Å². The van der Waals surface area contributed by atoms with Crippen molar-refractivity contribution in [2.75, 3.05) is 14.2 Å². The molecule has 2 aromatic rings. The molecule has 8 heteroatoms. The molecule has 3 N–H and O–H groups in total. The zero-order valence-electron chi connectivity index (χ0n) is 16.4. The van der Waals surface area contributed by atoms with Gasteiger partial charge in [0, 0.05) is 13.6 Å². The zero-order chi connectivity index (χ0) is 21.0. The molecular weight excluding hydrogens is 372 g/mol. The van der Waals surface area contributed by atoms with Gasteiger partial charge in [-0.1, -0.05) is 42.5 Å². The number of carbonyl (C=O) groups excluding carboxylic acids is 3. The van der Waals surface area contributed by atoms with Gasteiger partial charge in [0.15, 0.2) is 0 Å². The van der Waals surface area contributed by atoms with Gasteiger partial charge in [-0.2, -0.15) is 0 Å². The minimum atomic E-state index is -0.997. The Labute approximate surface area is 169 Å². The number of urea groups is 1. The summed E-state index contributed by atoms with van der Waals surface area (Å²) in [4.78, 5) is 40.2. The highest BCUT2D eigenvalue weighted by atomic mass is 16.5. The first-order chi connectivity index (χ1) is 13.9. The molecule has 2 atom stereocenters. The lowest BCUT2D eigenvalue weighted by molar-refractivity contribution is -0.146. The maximum absolute atomic E-state index is 13.2.